The Morgan fingerprint density at radius 3 is 2.57 bits per heavy atom. The topological polar surface area (TPSA) is 85.3 Å². The molecule has 7 heteroatoms. The van der Waals surface area contributed by atoms with Crippen LogP contribution in [0.3, 0.4) is 0 Å². The van der Waals surface area contributed by atoms with Gasteiger partial charge in [0.15, 0.2) is 0 Å². The fraction of sp³-hybridized carbons (Fsp3) is 0.267. The van der Waals surface area contributed by atoms with Gasteiger partial charge in [-0.15, -0.1) is 0 Å². The highest BCUT2D eigenvalue weighted by molar-refractivity contribution is 6.46. The Kier molecular flexibility index (Phi) is 6.86. The van der Waals surface area contributed by atoms with Crippen LogP contribution in [0.4, 0.5) is 0 Å². The second-order valence-corrected chi connectivity index (χ2v) is 9.11. The normalized spacial score (nSPS) is 18.3. The minimum atomic E-state index is -0.790. The van der Waals surface area contributed by atoms with Crippen LogP contribution in [0.25, 0.3) is 5.76 Å². The first-order valence-corrected chi connectivity index (χ1v) is 12.3. The lowest BCUT2D eigenvalue weighted by Gasteiger charge is -2.26. The number of benzene rings is 3. The molecule has 5 rings (SSSR count). The molecule has 0 spiro atoms. The van der Waals surface area contributed by atoms with E-state index in [0.29, 0.717) is 29.9 Å². The number of para-hydroxylation sites is 1. The van der Waals surface area contributed by atoms with Crippen LogP contribution in [0.1, 0.15) is 34.7 Å². The smallest absolute Gasteiger partial charge is 0.295 e. The third-order valence-electron chi connectivity index (χ3n) is 6.96. The number of aryl methyl sites for hydroxylation is 1. The van der Waals surface area contributed by atoms with Crippen molar-refractivity contribution in [3.63, 3.8) is 0 Å². The van der Waals surface area contributed by atoms with Crippen molar-refractivity contribution in [3.05, 3.63) is 94.6 Å². The van der Waals surface area contributed by atoms with Gasteiger partial charge in [-0.1, -0.05) is 30.3 Å². The third kappa shape index (κ3) is 4.65. The molecule has 2 aliphatic rings. The summed E-state index contributed by atoms with van der Waals surface area (Å²) < 4.78 is 16.5. The number of carbonyl (C=O) groups is 2. The summed E-state index contributed by atoms with van der Waals surface area (Å²) in [5.74, 6) is 0.505. The van der Waals surface area contributed by atoms with Gasteiger partial charge in [0.2, 0.25) is 0 Å². The molecule has 0 saturated carbocycles. The van der Waals surface area contributed by atoms with Crippen LogP contribution < -0.4 is 14.2 Å². The zero-order valence-corrected chi connectivity index (χ0v) is 20.9. The highest BCUT2D eigenvalue weighted by atomic mass is 16.5. The summed E-state index contributed by atoms with van der Waals surface area (Å²) in [5, 5.41) is 11.5. The Hall–Kier alpha value is -4.26. The molecule has 1 fully saturated rings. The lowest BCUT2D eigenvalue weighted by Crippen LogP contribution is -2.31. The fourth-order valence-corrected chi connectivity index (χ4v) is 5.03. The molecule has 3 aromatic rings. The van der Waals surface area contributed by atoms with E-state index >= 15 is 0 Å². The van der Waals surface area contributed by atoms with E-state index in [-0.39, 0.29) is 17.9 Å². The molecule has 2 heterocycles. The number of aliphatic hydroxyl groups excluding tert-OH is 1. The van der Waals surface area contributed by atoms with Crippen LogP contribution in [0.5, 0.6) is 17.2 Å². The average Bonchev–Trinajstić information content (AvgIpc) is 3.20. The van der Waals surface area contributed by atoms with Gasteiger partial charge < -0.3 is 24.2 Å². The minimum absolute atomic E-state index is 0.0564. The van der Waals surface area contributed by atoms with Gasteiger partial charge in [-0.2, -0.15) is 0 Å². The van der Waals surface area contributed by atoms with Crippen molar-refractivity contribution in [2.24, 2.45) is 0 Å². The van der Waals surface area contributed by atoms with Gasteiger partial charge in [-0.3, -0.25) is 9.59 Å². The van der Waals surface area contributed by atoms with Crippen molar-refractivity contribution in [1.29, 1.82) is 0 Å². The molecule has 1 N–H and O–H groups in total. The minimum Gasteiger partial charge on any atom is -0.507 e. The molecule has 2 aliphatic heterocycles. The Bertz CT molecular complexity index is 1360. The van der Waals surface area contributed by atoms with E-state index in [9.17, 15) is 14.7 Å². The number of rotatable bonds is 7. The van der Waals surface area contributed by atoms with Crippen molar-refractivity contribution in [3.8, 4) is 17.2 Å². The van der Waals surface area contributed by atoms with Crippen LogP contribution in [-0.2, 0) is 22.4 Å². The lowest BCUT2D eigenvalue weighted by atomic mass is 9.93. The highest BCUT2D eigenvalue weighted by Crippen LogP contribution is 2.43. The van der Waals surface area contributed by atoms with E-state index < -0.39 is 17.7 Å². The van der Waals surface area contributed by atoms with E-state index in [2.05, 4.69) is 0 Å². The molecule has 0 bridgehead atoms. The number of nitrogens with zero attached hydrogens (tertiary/aromatic N) is 1. The summed E-state index contributed by atoms with van der Waals surface area (Å²) in [6.45, 7) is 0.944. The number of fused-ring (bicyclic) bond motifs is 1. The molecule has 1 atom stereocenters. The van der Waals surface area contributed by atoms with E-state index in [1.54, 1.807) is 32.4 Å². The van der Waals surface area contributed by atoms with Gasteiger partial charge in [-0.05, 0) is 66.8 Å². The lowest BCUT2D eigenvalue weighted by molar-refractivity contribution is -0.139. The summed E-state index contributed by atoms with van der Waals surface area (Å²) in [6, 6.07) is 19.4. The van der Waals surface area contributed by atoms with E-state index in [1.807, 2.05) is 48.5 Å². The van der Waals surface area contributed by atoms with E-state index in [4.69, 9.17) is 14.2 Å². The molecule has 0 aliphatic carbocycles. The molecule has 3 aromatic carbocycles. The van der Waals surface area contributed by atoms with Gasteiger partial charge in [0, 0.05) is 17.7 Å². The summed E-state index contributed by atoms with van der Waals surface area (Å²) in [7, 11) is 3.16. The molecule has 1 amide bonds. The van der Waals surface area contributed by atoms with E-state index in [1.165, 1.54) is 4.90 Å². The second-order valence-electron chi connectivity index (χ2n) is 9.11. The molecule has 190 valence electrons. The third-order valence-corrected chi connectivity index (χ3v) is 6.96. The predicted octanol–water partition coefficient (Wildman–Crippen LogP) is 4.69. The molecule has 7 nitrogen and oxygen atoms in total. The van der Waals surface area contributed by atoms with Crippen molar-refractivity contribution in [2.75, 3.05) is 27.4 Å². The Morgan fingerprint density at radius 1 is 1.03 bits per heavy atom. The Morgan fingerprint density at radius 2 is 1.81 bits per heavy atom. The van der Waals surface area contributed by atoms with Crippen LogP contribution in [0, 0.1) is 0 Å². The fourth-order valence-electron chi connectivity index (χ4n) is 5.03. The maximum absolute atomic E-state index is 13.4. The molecular weight excluding hydrogens is 470 g/mol. The SMILES string of the molecule is COc1ccc(CCN2C(=O)C(=O)/C(=C(/O)c3ccc4c(c3)CCCO4)C2c2ccccc2OC)cc1. The molecule has 0 radical (unpaired) electrons. The molecule has 1 saturated heterocycles. The number of carbonyl (C=O) groups excluding carboxylic acids is 2. The average molecular weight is 500 g/mol. The van der Waals surface area contributed by atoms with Crippen LogP contribution >= 0.6 is 0 Å². The molecule has 1 unspecified atom stereocenters. The number of ether oxygens (including phenoxy) is 3. The summed E-state index contributed by atoms with van der Waals surface area (Å²) in [4.78, 5) is 28.3. The van der Waals surface area contributed by atoms with Gasteiger partial charge in [-0.25, -0.2) is 0 Å². The standard InChI is InChI=1S/C30H29NO6/c1-35-22-12-9-19(10-13-22)15-16-31-27(23-7-3-4-8-25(23)36-2)26(29(33)30(31)34)28(32)21-11-14-24-20(18-21)6-5-17-37-24/h3-4,7-14,18,27,32H,5-6,15-17H2,1-2H3/b28-26+. The largest absolute Gasteiger partial charge is 0.507 e. The number of likely N-dealkylation sites (tertiary alicyclic amines) is 1. The molecule has 0 aromatic heterocycles. The Balaban J connectivity index is 1.57. The van der Waals surface area contributed by atoms with Gasteiger partial charge >= 0.3 is 0 Å². The molecule has 37 heavy (non-hydrogen) atoms. The van der Waals surface area contributed by atoms with Gasteiger partial charge in [0.1, 0.15) is 23.0 Å². The van der Waals surface area contributed by atoms with Crippen molar-refractivity contribution >= 4 is 17.4 Å². The van der Waals surface area contributed by atoms with Crippen LogP contribution in [0.15, 0.2) is 72.3 Å². The first-order valence-electron chi connectivity index (χ1n) is 12.3. The van der Waals surface area contributed by atoms with Crippen LogP contribution in [-0.4, -0.2) is 49.1 Å². The predicted molar refractivity (Wildman–Crippen MR) is 139 cm³/mol. The van der Waals surface area contributed by atoms with Crippen molar-refractivity contribution < 1.29 is 28.9 Å². The number of hydrogen-bond acceptors (Lipinski definition) is 6. The van der Waals surface area contributed by atoms with Gasteiger partial charge in [0.25, 0.3) is 11.7 Å². The maximum atomic E-state index is 13.4. The number of Topliss-reactive ketones (excluding diaryl/α,β-unsaturated/α-hetero) is 1. The van der Waals surface area contributed by atoms with Crippen molar-refractivity contribution in [2.45, 2.75) is 25.3 Å². The van der Waals surface area contributed by atoms with Gasteiger partial charge in [0.05, 0.1) is 32.4 Å². The number of hydrogen-bond donors (Lipinski definition) is 1. The van der Waals surface area contributed by atoms with Crippen molar-refractivity contribution in [1.82, 2.24) is 4.90 Å². The number of methoxy groups -OCH3 is 2. The number of ketones is 1. The first-order chi connectivity index (χ1) is 18.0. The zero-order chi connectivity index (χ0) is 25.9. The number of amides is 1. The van der Waals surface area contributed by atoms with Crippen LogP contribution in [0.2, 0.25) is 0 Å². The quantitative estimate of drug-likeness (QED) is 0.288. The maximum Gasteiger partial charge on any atom is 0.295 e. The zero-order valence-electron chi connectivity index (χ0n) is 20.9. The first kappa shape index (κ1) is 24.4. The van der Waals surface area contributed by atoms with E-state index in [0.717, 1.165) is 35.5 Å². The molecular formula is C30H29NO6. The highest BCUT2D eigenvalue weighted by Gasteiger charge is 2.46. The monoisotopic (exact) mass is 499 g/mol. The summed E-state index contributed by atoms with van der Waals surface area (Å²) in [5.41, 5.74) is 3.15. The second kappa shape index (κ2) is 10.4. The Labute approximate surface area is 215 Å². The summed E-state index contributed by atoms with van der Waals surface area (Å²) >= 11 is 0. The summed E-state index contributed by atoms with van der Waals surface area (Å²) in [6.07, 6.45) is 2.23. The number of aliphatic hydroxyl groups is 1.